The van der Waals surface area contributed by atoms with E-state index in [0.717, 1.165) is 55.7 Å². The van der Waals surface area contributed by atoms with Gasteiger partial charge in [-0.25, -0.2) is 0 Å². The Morgan fingerprint density at radius 2 is 1.96 bits per heavy atom. The Morgan fingerprint density at radius 1 is 1.22 bits per heavy atom. The van der Waals surface area contributed by atoms with E-state index in [1.54, 1.807) is 4.68 Å². The maximum atomic E-state index is 6.41. The van der Waals surface area contributed by atoms with Crippen molar-refractivity contribution in [2.45, 2.75) is 26.8 Å². The van der Waals surface area contributed by atoms with E-state index in [9.17, 15) is 0 Å². The monoisotopic (exact) mass is 333 g/mol. The zero-order valence-electron chi connectivity index (χ0n) is 14.1. The van der Waals surface area contributed by atoms with Crippen LogP contribution in [0.15, 0.2) is 18.3 Å². The molecule has 23 heavy (non-hydrogen) atoms. The lowest BCUT2D eigenvalue weighted by Crippen LogP contribution is -2.46. The van der Waals surface area contributed by atoms with Gasteiger partial charge in [0.15, 0.2) is 0 Å². The fourth-order valence-corrected chi connectivity index (χ4v) is 3.36. The van der Waals surface area contributed by atoms with Gasteiger partial charge in [-0.3, -0.25) is 14.6 Å². The molecule has 3 rings (SSSR count). The third-order valence-corrected chi connectivity index (χ3v) is 4.96. The van der Waals surface area contributed by atoms with Gasteiger partial charge in [-0.2, -0.15) is 5.10 Å². The first-order chi connectivity index (χ1) is 11.1. The summed E-state index contributed by atoms with van der Waals surface area (Å²) in [6.07, 6.45) is 2.81. The summed E-state index contributed by atoms with van der Waals surface area (Å²) in [5.41, 5.74) is 4.64. The predicted octanol–water partition coefficient (Wildman–Crippen LogP) is 2.66. The lowest BCUT2D eigenvalue weighted by Gasteiger charge is -2.36. The lowest BCUT2D eigenvalue weighted by molar-refractivity contribution is 0.249. The Balaban J connectivity index is 1.64. The minimum Gasteiger partial charge on any atom is -0.369 e. The topological polar surface area (TPSA) is 37.2 Å². The maximum absolute atomic E-state index is 6.41. The Bertz CT molecular complexity index is 674. The summed E-state index contributed by atoms with van der Waals surface area (Å²) in [7, 11) is 1.91. The highest BCUT2D eigenvalue weighted by Gasteiger charge is 2.21. The SMILES string of the molecule is CCc1nn(C)c(Cl)c1CN1CCN(c2ccnc(C)c2)CC1. The number of aromatic nitrogens is 3. The average Bonchev–Trinajstić information content (AvgIpc) is 2.83. The number of halogens is 1. The van der Waals surface area contributed by atoms with Gasteiger partial charge >= 0.3 is 0 Å². The Morgan fingerprint density at radius 3 is 2.61 bits per heavy atom. The summed E-state index contributed by atoms with van der Waals surface area (Å²) in [6, 6.07) is 4.25. The molecule has 0 spiro atoms. The summed E-state index contributed by atoms with van der Waals surface area (Å²) in [4.78, 5) is 9.17. The molecule has 0 amide bonds. The number of anilines is 1. The van der Waals surface area contributed by atoms with Crippen LogP contribution in [0.25, 0.3) is 0 Å². The molecule has 6 heteroatoms. The van der Waals surface area contributed by atoms with Crippen molar-refractivity contribution in [1.82, 2.24) is 19.7 Å². The first-order valence-corrected chi connectivity index (χ1v) is 8.56. The molecule has 3 heterocycles. The minimum absolute atomic E-state index is 0.772. The normalized spacial score (nSPS) is 16.1. The maximum Gasteiger partial charge on any atom is 0.131 e. The van der Waals surface area contributed by atoms with E-state index in [1.807, 2.05) is 20.2 Å². The van der Waals surface area contributed by atoms with Crippen LogP contribution < -0.4 is 4.90 Å². The predicted molar refractivity (Wildman–Crippen MR) is 94.1 cm³/mol. The number of pyridine rings is 1. The Kier molecular flexibility index (Phi) is 4.87. The van der Waals surface area contributed by atoms with E-state index in [-0.39, 0.29) is 0 Å². The van der Waals surface area contributed by atoms with Crippen molar-refractivity contribution in [2.75, 3.05) is 31.1 Å². The fourth-order valence-electron chi connectivity index (χ4n) is 3.16. The van der Waals surface area contributed by atoms with Crippen LogP contribution in [0.4, 0.5) is 5.69 Å². The summed E-state index contributed by atoms with van der Waals surface area (Å²) >= 11 is 6.41. The Hall–Kier alpha value is -1.59. The van der Waals surface area contributed by atoms with Gasteiger partial charge in [0.25, 0.3) is 0 Å². The summed E-state index contributed by atoms with van der Waals surface area (Å²) in [5.74, 6) is 0. The molecule has 0 unspecified atom stereocenters. The van der Waals surface area contributed by atoms with E-state index in [4.69, 9.17) is 11.6 Å². The largest absolute Gasteiger partial charge is 0.369 e. The molecule has 0 aromatic carbocycles. The molecule has 0 saturated carbocycles. The average molecular weight is 334 g/mol. The second kappa shape index (κ2) is 6.89. The third-order valence-electron chi connectivity index (χ3n) is 4.49. The molecule has 0 atom stereocenters. The second-order valence-corrected chi connectivity index (χ2v) is 6.47. The van der Waals surface area contributed by atoms with Crippen molar-refractivity contribution in [2.24, 2.45) is 7.05 Å². The third kappa shape index (κ3) is 3.51. The van der Waals surface area contributed by atoms with Gasteiger partial charge in [0.1, 0.15) is 5.15 Å². The fraction of sp³-hybridized carbons (Fsp3) is 0.529. The highest BCUT2D eigenvalue weighted by Crippen LogP contribution is 2.23. The number of aryl methyl sites for hydroxylation is 3. The lowest BCUT2D eigenvalue weighted by atomic mass is 10.1. The zero-order chi connectivity index (χ0) is 16.4. The molecule has 2 aromatic rings. The highest BCUT2D eigenvalue weighted by molar-refractivity contribution is 6.30. The number of piperazine rings is 1. The van der Waals surface area contributed by atoms with Crippen molar-refractivity contribution < 1.29 is 0 Å². The van der Waals surface area contributed by atoms with E-state index in [0.29, 0.717) is 0 Å². The van der Waals surface area contributed by atoms with Crippen molar-refractivity contribution in [3.05, 3.63) is 40.4 Å². The first-order valence-electron chi connectivity index (χ1n) is 8.18. The van der Waals surface area contributed by atoms with Crippen LogP contribution in [0.5, 0.6) is 0 Å². The molecule has 1 saturated heterocycles. The molecule has 2 aromatic heterocycles. The summed E-state index contributed by atoms with van der Waals surface area (Å²) in [5, 5.41) is 5.28. The van der Waals surface area contributed by atoms with Crippen LogP contribution in [0.1, 0.15) is 23.9 Å². The van der Waals surface area contributed by atoms with Gasteiger partial charge in [-0.15, -0.1) is 0 Å². The van der Waals surface area contributed by atoms with E-state index < -0.39 is 0 Å². The number of hydrogen-bond acceptors (Lipinski definition) is 4. The van der Waals surface area contributed by atoms with Gasteiger partial charge in [-0.05, 0) is 25.5 Å². The molecule has 1 aliphatic rings. The Labute approximate surface area is 142 Å². The summed E-state index contributed by atoms with van der Waals surface area (Å²) in [6.45, 7) is 9.19. The van der Waals surface area contributed by atoms with E-state index in [2.05, 4.69) is 38.9 Å². The van der Waals surface area contributed by atoms with Crippen LogP contribution in [0.2, 0.25) is 5.15 Å². The smallest absolute Gasteiger partial charge is 0.131 e. The van der Waals surface area contributed by atoms with Gasteiger partial charge in [0.05, 0.1) is 5.69 Å². The van der Waals surface area contributed by atoms with Crippen LogP contribution in [0.3, 0.4) is 0 Å². The van der Waals surface area contributed by atoms with Crippen LogP contribution in [-0.4, -0.2) is 45.8 Å². The summed E-state index contributed by atoms with van der Waals surface area (Å²) < 4.78 is 1.78. The highest BCUT2D eigenvalue weighted by atomic mass is 35.5. The van der Waals surface area contributed by atoms with Crippen molar-refractivity contribution in [1.29, 1.82) is 0 Å². The first kappa shape index (κ1) is 16.3. The standard InChI is InChI=1S/C17H24ClN5/c1-4-16-15(17(18)21(3)20-16)12-22-7-9-23(10-8-22)14-5-6-19-13(2)11-14/h5-6,11H,4,7-10,12H2,1-3H3. The molecule has 124 valence electrons. The van der Waals surface area contributed by atoms with Crippen molar-refractivity contribution in [3.8, 4) is 0 Å². The number of rotatable bonds is 4. The molecular formula is C17H24ClN5. The van der Waals surface area contributed by atoms with Gasteiger partial charge in [0.2, 0.25) is 0 Å². The number of nitrogens with zero attached hydrogens (tertiary/aromatic N) is 5. The van der Waals surface area contributed by atoms with E-state index >= 15 is 0 Å². The molecule has 0 radical (unpaired) electrons. The second-order valence-electron chi connectivity index (χ2n) is 6.11. The minimum atomic E-state index is 0.772. The zero-order valence-corrected chi connectivity index (χ0v) is 14.8. The molecule has 0 N–H and O–H groups in total. The van der Waals surface area contributed by atoms with Crippen LogP contribution >= 0.6 is 11.6 Å². The quantitative estimate of drug-likeness (QED) is 0.862. The van der Waals surface area contributed by atoms with Crippen molar-refractivity contribution in [3.63, 3.8) is 0 Å². The van der Waals surface area contributed by atoms with Crippen LogP contribution in [-0.2, 0) is 20.0 Å². The van der Waals surface area contributed by atoms with Gasteiger partial charge in [0, 0.05) is 62.9 Å². The molecule has 0 bridgehead atoms. The van der Waals surface area contributed by atoms with Crippen LogP contribution in [0, 0.1) is 6.92 Å². The molecule has 0 aliphatic carbocycles. The van der Waals surface area contributed by atoms with Crippen molar-refractivity contribution >= 4 is 17.3 Å². The molecule has 1 fully saturated rings. The van der Waals surface area contributed by atoms with E-state index in [1.165, 1.54) is 11.3 Å². The molecular weight excluding hydrogens is 310 g/mol. The number of hydrogen-bond donors (Lipinski definition) is 0. The molecule has 1 aliphatic heterocycles. The van der Waals surface area contributed by atoms with Gasteiger partial charge in [-0.1, -0.05) is 18.5 Å². The van der Waals surface area contributed by atoms with Gasteiger partial charge < -0.3 is 4.90 Å². The molecule has 5 nitrogen and oxygen atoms in total.